The van der Waals surface area contributed by atoms with Gasteiger partial charge in [0.15, 0.2) is 0 Å². The molecule has 0 radical (unpaired) electrons. The van der Waals surface area contributed by atoms with Gasteiger partial charge in [-0.25, -0.2) is 4.79 Å². The van der Waals surface area contributed by atoms with Gasteiger partial charge >= 0.3 is 12.2 Å². The molecule has 4 nitrogen and oxygen atoms in total. The summed E-state index contributed by atoms with van der Waals surface area (Å²) in [6, 6.07) is 11.0. The van der Waals surface area contributed by atoms with Crippen LogP contribution in [0.1, 0.15) is 11.3 Å². The van der Waals surface area contributed by atoms with Crippen LogP contribution in [0.2, 0.25) is 0 Å². The van der Waals surface area contributed by atoms with Gasteiger partial charge in [-0.1, -0.05) is 24.3 Å². The Hall–Kier alpha value is -2.83. The topological polar surface area (TPSA) is 46.9 Å². The normalized spacial score (nSPS) is 11.7. The Morgan fingerprint density at radius 2 is 1.87 bits per heavy atom. The first-order chi connectivity index (χ1) is 10.9. The van der Waals surface area contributed by atoms with Crippen LogP contribution in [-0.4, -0.2) is 15.8 Å². The molecule has 1 N–H and O–H groups in total. The number of hydrogen-bond acceptors (Lipinski definition) is 2. The number of nitrogens with zero attached hydrogens (tertiary/aromatic N) is 2. The summed E-state index contributed by atoms with van der Waals surface area (Å²) in [4.78, 5) is 12.3. The molecule has 0 aliphatic carbocycles. The van der Waals surface area contributed by atoms with Crippen LogP contribution in [-0.2, 0) is 6.18 Å². The molecule has 0 unspecified atom stereocenters. The molecule has 3 aromatic rings. The van der Waals surface area contributed by atoms with Gasteiger partial charge in [0.25, 0.3) is 0 Å². The van der Waals surface area contributed by atoms with Crippen LogP contribution in [0, 0.1) is 6.92 Å². The number of aryl methyl sites for hydroxylation is 1. The first kappa shape index (κ1) is 15.1. The first-order valence-corrected chi connectivity index (χ1v) is 6.79. The van der Waals surface area contributed by atoms with Crippen molar-refractivity contribution in [2.24, 2.45) is 0 Å². The molecule has 23 heavy (non-hydrogen) atoms. The van der Waals surface area contributed by atoms with Gasteiger partial charge in [0.2, 0.25) is 0 Å². The number of anilines is 1. The number of para-hydroxylation sites is 1. The fraction of sp³-hybridized carbons (Fsp3) is 0.125. The number of fused-ring (bicyclic) bond motifs is 1. The van der Waals surface area contributed by atoms with Gasteiger partial charge in [0.1, 0.15) is 0 Å². The Bertz CT molecular complexity index is 884. The van der Waals surface area contributed by atoms with Gasteiger partial charge in [-0.2, -0.15) is 23.0 Å². The molecule has 0 aliphatic rings. The largest absolute Gasteiger partial charge is 0.416 e. The van der Waals surface area contributed by atoms with Gasteiger partial charge in [-0.05, 0) is 31.2 Å². The molecule has 0 fully saturated rings. The molecule has 7 heteroatoms. The van der Waals surface area contributed by atoms with E-state index in [0.717, 1.165) is 22.2 Å². The van der Waals surface area contributed by atoms with Gasteiger partial charge in [-0.15, -0.1) is 0 Å². The number of hydrogen-bond donors (Lipinski definition) is 1. The Morgan fingerprint density at radius 1 is 1.13 bits per heavy atom. The van der Waals surface area contributed by atoms with Crippen LogP contribution in [0.3, 0.4) is 0 Å². The Morgan fingerprint density at radius 3 is 2.61 bits per heavy atom. The van der Waals surface area contributed by atoms with Crippen molar-refractivity contribution in [1.82, 2.24) is 9.78 Å². The minimum atomic E-state index is -4.46. The third-order valence-corrected chi connectivity index (χ3v) is 3.41. The van der Waals surface area contributed by atoms with E-state index in [1.165, 1.54) is 12.1 Å². The monoisotopic (exact) mass is 319 g/mol. The lowest BCUT2D eigenvalue weighted by atomic mass is 10.2. The minimum Gasteiger partial charge on any atom is -0.306 e. The highest BCUT2D eigenvalue weighted by atomic mass is 19.4. The predicted octanol–water partition coefficient (Wildman–Crippen LogP) is 4.44. The number of alkyl halides is 3. The van der Waals surface area contributed by atoms with Gasteiger partial charge in [-0.3, -0.25) is 0 Å². The fourth-order valence-electron chi connectivity index (χ4n) is 2.33. The lowest BCUT2D eigenvalue weighted by molar-refractivity contribution is -0.137. The zero-order valence-corrected chi connectivity index (χ0v) is 12.1. The summed E-state index contributed by atoms with van der Waals surface area (Å²) in [6.45, 7) is 1.76. The molecule has 3 rings (SSSR count). The van der Waals surface area contributed by atoms with E-state index in [1.54, 1.807) is 19.1 Å². The molecule has 1 heterocycles. The highest BCUT2D eigenvalue weighted by molar-refractivity contribution is 5.98. The maximum absolute atomic E-state index is 12.7. The molecule has 0 aliphatic heterocycles. The van der Waals surface area contributed by atoms with Crippen molar-refractivity contribution in [2.75, 3.05) is 5.32 Å². The molecular formula is C16H12F3N3O. The SMILES string of the molecule is Cc1nn(C(=O)Nc2cccc(C(F)(F)F)c2)c2ccccc12. The molecule has 118 valence electrons. The minimum absolute atomic E-state index is 0.0575. The highest BCUT2D eigenvalue weighted by Gasteiger charge is 2.30. The van der Waals surface area contributed by atoms with Crippen molar-refractivity contribution in [3.05, 3.63) is 59.8 Å². The number of carbonyl (C=O) groups is 1. The molecule has 0 saturated carbocycles. The van der Waals surface area contributed by atoms with Crippen LogP contribution in [0.15, 0.2) is 48.5 Å². The summed E-state index contributed by atoms with van der Waals surface area (Å²) in [7, 11) is 0. The molecule has 0 spiro atoms. The Labute approximate surface area is 129 Å². The van der Waals surface area contributed by atoms with Crippen LogP contribution in [0.4, 0.5) is 23.7 Å². The molecule has 0 saturated heterocycles. The number of aromatic nitrogens is 2. The van der Waals surface area contributed by atoms with Crippen molar-refractivity contribution in [2.45, 2.75) is 13.1 Å². The van der Waals surface area contributed by atoms with E-state index in [1.807, 2.05) is 12.1 Å². The number of amides is 1. The summed E-state index contributed by atoms with van der Waals surface area (Å²) in [6.07, 6.45) is -4.46. The number of rotatable bonds is 1. The van der Waals surface area contributed by atoms with Crippen molar-refractivity contribution < 1.29 is 18.0 Å². The van der Waals surface area contributed by atoms with E-state index in [9.17, 15) is 18.0 Å². The highest BCUT2D eigenvalue weighted by Crippen LogP contribution is 2.30. The predicted molar refractivity (Wildman–Crippen MR) is 80.3 cm³/mol. The summed E-state index contributed by atoms with van der Waals surface area (Å²) >= 11 is 0. The van der Waals surface area contributed by atoms with Crippen molar-refractivity contribution in [3.8, 4) is 0 Å². The molecule has 0 bridgehead atoms. The quantitative estimate of drug-likeness (QED) is 0.720. The summed E-state index contributed by atoms with van der Waals surface area (Å²) < 4.78 is 39.3. The van der Waals surface area contributed by atoms with Crippen molar-refractivity contribution >= 4 is 22.6 Å². The van der Waals surface area contributed by atoms with Crippen molar-refractivity contribution in [1.29, 1.82) is 0 Å². The van der Waals surface area contributed by atoms with Gasteiger partial charge < -0.3 is 5.32 Å². The van der Waals surface area contributed by atoms with Crippen LogP contribution >= 0.6 is 0 Å². The van der Waals surface area contributed by atoms with E-state index in [-0.39, 0.29) is 5.69 Å². The summed E-state index contributed by atoms with van der Waals surface area (Å²) in [5, 5.41) is 7.39. The summed E-state index contributed by atoms with van der Waals surface area (Å²) in [5.74, 6) is 0. The molecule has 1 aromatic heterocycles. The maximum atomic E-state index is 12.7. The average molecular weight is 319 g/mol. The van der Waals surface area contributed by atoms with Crippen molar-refractivity contribution in [3.63, 3.8) is 0 Å². The average Bonchev–Trinajstić information content (AvgIpc) is 2.85. The summed E-state index contributed by atoms with van der Waals surface area (Å²) in [5.41, 5.74) is 0.494. The number of benzene rings is 2. The Kier molecular flexibility index (Phi) is 3.55. The van der Waals surface area contributed by atoms with E-state index < -0.39 is 17.8 Å². The zero-order valence-electron chi connectivity index (χ0n) is 12.1. The second kappa shape index (κ2) is 5.42. The van der Waals surface area contributed by atoms with Crippen LogP contribution < -0.4 is 5.32 Å². The third-order valence-electron chi connectivity index (χ3n) is 3.41. The van der Waals surface area contributed by atoms with Gasteiger partial charge in [0.05, 0.1) is 16.8 Å². The molecular weight excluding hydrogens is 307 g/mol. The number of nitrogens with one attached hydrogen (secondary N) is 1. The second-order valence-corrected chi connectivity index (χ2v) is 5.02. The van der Waals surface area contributed by atoms with Crippen LogP contribution in [0.25, 0.3) is 10.9 Å². The van der Waals surface area contributed by atoms with Gasteiger partial charge in [0, 0.05) is 11.1 Å². The zero-order chi connectivity index (χ0) is 16.6. The second-order valence-electron chi connectivity index (χ2n) is 5.02. The smallest absolute Gasteiger partial charge is 0.306 e. The van der Waals surface area contributed by atoms with E-state index in [4.69, 9.17) is 0 Å². The number of carbonyl (C=O) groups excluding carboxylic acids is 1. The third kappa shape index (κ3) is 2.90. The lowest BCUT2D eigenvalue weighted by Gasteiger charge is -2.10. The Balaban J connectivity index is 1.93. The first-order valence-electron chi connectivity index (χ1n) is 6.79. The molecule has 2 aromatic carbocycles. The van der Waals surface area contributed by atoms with E-state index in [0.29, 0.717) is 11.2 Å². The molecule has 1 amide bonds. The standard InChI is InChI=1S/C16H12F3N3O/c1-10-13-7-2-3-8-14(13)22(21-10)15(23)20-12-6-4-5-11(9-12)16(17,18)19/h2-9H,1H3,(H,20,23). The number of halogens is 3. The maximum Gasteiger partial charge on any atom is 0.416 e. The van der Waals surface area contributed by atoms with Crippen LogP contribution in [0.5, 0.6) is 0 Å². The fourth-order valence-corrected chi connectivity index (χ4v) is 2.33. The lowest BCUT2D eigenvalue weighted by Crippen LogP contribution is -2.21. The van der Waals surface area contributed by atoms with E-state index in [2.05, 4.69) is 10.4 Å². The molecule has 0 atom stereocenters. The van der Waals surface area contributed by atoms with E-state index >= 15 is 0 Å².